The zero-order valence-corrected chi connectivity index (χ0v) is 15.3. The molecular weight excluding hydrogens is 328 g/mol. The van der Waals surface area contributed by atoms with E-state index >= 15 is 0 Å². The standard InChI is InChI=1S/C21H24N2O3/c1-14(2)11-12-22-20(25)16-7-9-17(10-8-16)21(26)23-19-6-4-5-18(13-19)15(3)24/h4-10,13-14H,11-12H2,1-3H3,(H,22,25)(H,23,26). The largest absolute Gasteiger partial charge is 0.352 e. The van der Waals surface area contributed by atoms with Gasteiger partial charge in [-0.05, 0) is 55.7 Å². The number of benzene rings is 2. The Morgan fingerprint density at radius 1 is 0.885 bits per heavy atom. The minimum atomic E-state index is -0.294. The van der Waals surface area contributed by atoms with Crippen LogP contribution in [0.2, 0.25) is 0 Å². The first-order valence-corrected chi connectivity index (χ1v) is 8.67. The fourth-order valence-corrected chi connectivity index (χ4v) is 2.37. The van der Waals surface area contributed by atoms with Gasteiger partial charge in [-0.25, -0.2) is 0 Å². The van der Waals surface area contributed by atoms with Gasteiger partial charge < -0.3 is 10.6 Å². The summed E-state index contributed by atoms with van der Waals surface area (Å²) >= 11 is 0. The van der Waals surface area contributed by atoms with Gasteiger partial charge >= 0.3 is 0 Å². The molecule has 0 saturated heterocycles. The van der Waals surface area contributed by atoms with Crippen LogP contribution in [0.4, 0.5) is 5.69 Å². The number of ketones is 1. The van der Waals surface area contributed by atoms with E-state index in [4.69, 9.17) is 0 Å². The number of amides is 2. The molecule has 2 N–H and O–H groups in total. The highest BCUT2D eigenvalue weighted by Gasteiger charge is 2.10. The van der Waals surface area contributed by atoms with Gasteiger partial charge in [0, 0.05) is 28.9 Å². The van der Waals surface area contributed by atoms with Gasteiger partial charge in [0.15, 0.2) is 5.78 Å². The average molecular weight is 352 g/mol. The maximum Gasteiger partial charge on any atom is 0.255 e. The van der Waals surface area contributed by atoms with E-state index in [0.717, 1.165) is 6.42 Å². The van der Waals surface area contributed by atoms with E-state index in [9.17, 15) is 14.4 Å². The van der Waals surface area contributed by atoms with Gasteiger partial charge in [0.25, 0.3) is 11.8 Å². The molecule has 0 spiro atoms. The fourth-order valence-electron chi connectivity index (χ4n) is 2.37. The zero-order valence-electron chi connectivity index (χ0n) is 15.3. The molecule has 0 bridgehead atoms. The highest BCUT2D eigenvalue weighted by molar-refractivity contribution is 6.05. The number of carbonyl (C=O) groups excluding carboxylic acids is 3. The predicted molar refractivity (Wildman–Crippen MR) is 103 cm³/mol. The van der Waals surface area contributed by atoms with Crippen molar-refractivity contribution in [1.29, 1.82) is 0 Å². The van der Waals surface area contributed by atoms with E-state index in [-0.39, 0.29) is 17.6 Å². The van der Waals surface area contributed by atoms with Crippen molar-refractivity contribution in [2.45, 2.75) is 27.2 Å². The number of nitrogens with one attached hydrogen (secondary N) is 2. The van der Waals surface area contributed by atoms with Gasteiger partial charge in [-0.3, -0.25) is 14.4 Å². The van der Waals surface area contributed by atoms with E-state index in [0.29, 0.717) is 34.8 Å². The molecule has 0 saturated carbocycles. The molecule has 0 heterocycles. The fraction of sp³-hybridized carbons (Fsp3) is 0.286. The predicted octanol–water partition coefficient (Wildman–Crippen LogP) is 3.92. The van der Waals surface area contributed by atoms with Gasteiger partial charge in [-0.1, -0.05) is 26.0 Å². The molecule has 0 radical (unpaired) electrons. The molecule has 0 aliphatic rings. The van der Waals surface area contributed by atoms with Crippen LogP contribution in [0.3, 0.4) is 0 Å². The minimum absolute atomic E-state index is 0.0612. The Morgan fingerprint density at radius 2 is 1.50 bits per heavy atom. The molecule has 136 valence electrons. The summed E-state index contributed by atoms with van der Waals surface area (Å²) in [7, 11) is 0. The minimum Gasteiger partial charge on any atom is -0.352 e. The highest BCUT2D eigenvalue weighted by atomic mass is 16.2. The monoisotopic (exact) mass is 352 g/mol. The Hall–Kier alpha value is -2.95. The lowest BCUT2D eigenvalue weighted by Gasteiger charge is -2.09. The molecule has 26 heavy (non-hydrogen) atoms. The van der Waals surface area contributed by atoms with Gasteiger partial charge in [-0.15, -0.1) is 0 Å². The molecule has 2 amide bonds. The summed E-state index contributed by atoms with van der Waals surface area (Å²) in [6.45, 7) is 6.31. The first-order valence-electron chi connectivity index (χ1n) is 8.67. The van der Waals surface area contributed by atoms with Crippen LogP contribution in [0.25, 0.3) is 0 Å². The second kappa shape index (κ2) is 8.94. The van der Waals surface area contributed by atoms with Crippen LogP contribution >= 0.6 is 0 Å². The number of hydrogen-bond donors (Lipinski definition) is 2. The maximum atomic E-state index is 12.3. The Kier molecular flexibility index (Phi) is 6.67. The molecule has 0 aliphatic heterocycles. The van der Waals surface area contributed by atoms with Crippen molar-refractivity contribution in [2.24, 2.45) is 5.92 Å². The van der Waals surface area contributed by atoms with Crippen LogP contribution in [-0.4, -0.2) is 24.1 Å². The lowest BCUT2D eigenvalue weighted by molar-refractivity contribution is 0.0949. The molecule has 0 atom stereocenters. The molecule has 2 rings (SSSR count). The van der Waals surface area contributed by atoms with Crippen LogP contribution < -0.4 is 10.6 Å². The maximum absolute atomic E-state index is 12.3. The summed E-state index contributed by atoms with van der Waals surface area (Å²) < 4.78 is 0. The van der Waals surface area contributed by atoms with Crippen molar-refractivity contribution in [3.05, 3.63) is 65.2 Å². The third kappa shape index (κ3) is 5.55. The van der Waals surface area contributed by atoms with Gasteiger partial charge in [0.05, 0.1) is 0 Å². The summed E-state index contributed by atoms with van der Waals surface area (Å²) in [5.41, 5.74) is 2.05. The summed E-state index contributed by atoms with van der Waals surface area (Å²) in [6, 6.07) is 13.3. The van der Waals surface area contributed by atoms with Crippen LogP contribution in [0.5, 0.6) is 0 Å². The second-order valence-corrected chi connectivity index (χ2v) is 6.61. The number of rotatable bonds is 7. The highest BCUT2D eigenvalue weighted by Crippen LogP contribution is 2.13. The van der Waals surface area contributed by atoms with E-state index < -0.39 is 0 Å². The van der Waals surface area contributed by atoms with Crippen LogP contribution in [0.15, 0.2) is 48.5 Å². The summed E-state index contributed by atoms with van der Waals surface area (Å²) in [4.78, 5) is 35.8. The molecule has 0 fully saturated rings. The normalized spacial score (nSPS) is 10.5. The van der Waals surface area contributed by atoms with Gasteiger partial charge in [-0.2, -0.15) is 0 Å². The van der Waals surface area contributed by atoms with Crippen molar-refractivity contribution in [2.75, 3.05) is 11.9 Å². The van der Waals surface area contributed by atoms with Crippen LogP contribution in [0.1, 0.15) is 58.3 Å². The van der Waals surface area contributed by atoms with Gasteiger partial charge in [0.1, 0.15) is 0 Å². The van der Waals surface area contributed by atoms with Crippen molar-refractivity contribution in [3.8, 4) is 0 Å². The first kappa shape index (κ1) is 19.4. The van der Waals surface area contributed by atoms with Crippen molar-refractivity contribution >= 4 is 23.3 Å². The molecular formula is C21H24N2O3. The number of Topliss-reactive ketones (excluding diaryl/α,β-unsaturated/α-hetero) is 1. The SMILES string of the molecule is CC(=O)c1cccc(NC(=O)c2ccc(C(=O)NCCC(C)C)cc2)c1. The molecule has 0 unspecified atom stereocenters. The van der Waals surface area contributed by atoms with E-state index in [1.54, 1.807) is 48.5 Å². The second-order valence-electron chi connectivity index (χ2n) is 6.61. The van der Waals surface area contributed by atoms with Crippen molar-refractivity contribution in [3.63, 3.8) is 0 Å². The zero-order chi connectivity index (χ0) is 19.1. The molecule has 0 aromatic heterocycles. The van der Waals surface area contributed by atoms with Crippen LogP contribution in [0, 0.1) is 5.92 Å². The molecule has 5 heteroatoms. The molecule has 0 aliphatic carbocycles. The number of anilines is 1. The Balaban J connectivity index is 1.99. The lowest BCUT2D eigenvalue weighted by atomic mass is 10.1. The van der Waals surface area contributed by atoms with E-state index in [1.165, 1.54) is 6.92 Å². The summed E-state index contributed by atoms with van der Waals surface area (Å²) in [5, 5.41) is 5.62. The van der Waals surface area contributed by atoms with Gasteiger partial charge in [0.2, 0.25) is 0 Å². The first-order chi connectivity index (χ1) is 12.4. The topological polar surface area (TPSA) is 75.3 Å². The lowest BCUT2D eigenvalue weighted by Crippen LogP contribution is -2.25. The van der Waals surface area contributed by atoms with Crippen LogP contribution in [-0.2, 0) is 0 Å². The summed E-state index contributed by atoms with van der Waals surface area (Å²) in [5.74, 6) is 0.0287. The Morgan fingerprint density at radius 3 is 2.08 bits per heavy atom. The Labute approximate surface area is 153 Å². The smallest absolute Gasteiger partial charge is 0.255 e. The third-order valence-electron chi connectivity index (χ3n) is 3.94. The Bertz CT molecular complexity index is 795. The summed E-state index contributed by atoms with van der Waals surface area (Å²) in [6.07, 6.45) is 0.922. The van der Waals surface area contributed by atoms with E-state index in [1.807, 2.05) is 0 Å². The molecule has 2 aromatic rings. The third-order valence-corrected chi connectivity index (χ3v) is 3.94. The number of hydrogen-bond acceptors (Lipinski definition) is 3. The van der Waals surface area contributed by atoms with Crippen molar-refractivity contribution in [1.82, 2.24) is 5.32 Å². The quantitative estimate of drug-likeness (QED) is 0.742. The molecule has 2 aromatic carbocycles. The number of carbonyl (C=O) groups is 3. The van der Waals surface area contributed by atoms with E-state index in [2.05, 4.69) is 24.5 Å². The van der Waals surface area contributed by atoms with Crippen molar-refractivity contribution < 1.29 is 14.4 Å². The molecule has 5 nitrogen and oxygen atoms in total. The average Bonchev–Trinajstić information content (AvgIpc) is 2.61.